The molecule has 2 heterocycles. The smallest absolute Gasteiger partial charge is 0.407 e. The number of esters is 1. The molecule has 60 heavy (non-hydrogen) atoms. The molecule has 1 aliphatic carbocycles. The molecule has 1 aliphatic heterocycles. The van der Waals surface area contributed by atoms with E-state index in [9.17, 15) is 19.2 Å². The standard InChI is InChI=1S/C48H60N4O8/c1-9-14-15-16-20-23-37(50-46(56)59-31-47(6,7)24-10-2)44(54)52-30-35(26-40(52)43(53)51-48(29-34(48)12-4)45(55)58-13-5)60-42-27-38(33-21-18-17-19-22-33)49-39-28-41(57-8)32(11-3)25-36(39)42/h9-12,17-19,21-22,25,27-28,34-35,37,40H,1-4,13-16,20,23-24,26,29-31H2,5-8H3,(H,50,56)(H,51,53)/t34-,35-,37+,40+,48-/m1/s1. The van der Waals surface area contributed by atoms with Gasteiger partial charge in [-0.05, 0) is 45.1 Å². The van der Waals surface area contributed by atoms with Gasteiger partial charge in [-0.3, -0.25) is 9.59 Å². The van der Waals surface area contributed by atoms with Crippen molar-refractivity contribution in [3.8, 4) is 22.8 Å². The van der Waals surface area contributed by atoms with Gasteiger partial charge in [-0.15, -0.1) is 19.7 Å². The number of methoxy groups -OCH3 is 1. The summed E-state index contributed by atoms with van der Waals surface area (Å²) >= 11 is 0. The van der Waals surface area contributed by atoms with Crippen molar-refractivity contribution in [3.05, 3.63) is 98.6 Å². The molecule has 12 heteroatoms. The molecule has 1 saturated carbocycles. The lowest BCUT2D eigenvalue weighted by molar-refractivity contribution is -0.150. The highest BCUT2D eigenvalue weighted by atomic mass is 16.6. The van der Waals surface area contributed by atoms with Crippen LogP contribution in [0.2, 0.25) is 0 Å². The Bertz CT molecular complexity index is 2070. The van der Waals surface area contributed by atoms with E-state index in [0.717, 1.165) is 30.4 Å². The van der Waals surface area contributed by atoms with Crippen LogP contribution in [0.1, 0.15) is 77.7 Å². The molecule has 320 valence electrons. The number of fused-ring (bicyclic) bond motifs is 1. The first-order chi connectivity index (χ1) is 28.8. The van der Waals surface area contributed by atoms with Gasteiger partial charge in [-0.25, -0.2) is 14.6 Å². The summed E-state index contributed by atoms with van der Waals surface area (Å²) in [5, 5.41) is 6.45. The number of carbonyl (C=O) groups excluding carboxylic acids is 4. The predicted octanol–water partition coefficient (Wildman–Crippen LogP) is 8.36. The zero-order valence-corrected chi connectivity index (χ0v) is 35.5. The van der Waals surface area contributed by atoms with Gasteiger partial charge in [0, 0.05) is 46.4 Å². The third-order valence-electron chi connectivity index (χ3n) is 11.1. The van der Waals surface area contributed by atoms with Crippen molar-refractivity contribution in [3.63, 3.8) is 0 Å². The fourth-order valence-electron chi connectivity index (χ4n) is 7.72. The van der Waals surface area contributed by atoms with E-state index in [1.165, 1.54) is 4.90 Å². The maximum atomic E-state index is 14.8. The number of ether oxygens (including phenoxy) is 4. The Labute approximate surface area is 354 Å². The monoisotopic (exact) mass is 820 g/mol. The molecule has 0 unspecified atom stereocenters. The first kappa shape index (κ1) is 45.2. The number of alkyl carbamates (subject to hydrolysis) is 1. The zero-order valence-electron chi connectivity index (χ0n) is 35.5. The van der Waals surface area contributed by atoms with E-state index in [-0.39, 0.29) is 37.5 Å². The molecule has 1 saturated heterocycles. The number of unbranched alkanes of at least 4 members (excludes halogenated alkanes) is 3. The van der Waals surface area contributed by atoms with Crippen LogP contribution in [0.3, 0.4) is 0 Å². The topological polar surface area (TPSA) is 145 Å². The Morgan fingerprint density at radius 2 is 1.77 bits per heavy atom. The fourth-order valence-corrected chi connectivity index (χ4v) is 7.72. The molecule has 5 rings (SSSR count). The van der Waals surface area contributed by atoms with Gasteiger partial charge in [0.15, 0.2) is 0 Å². The molecular weight excluding hydrogens is 761 g/mol. The number of likely N-dealkylation sites (tertiary alicyclic amines) is 1. The average molecular weight is 821 g/mol. The molecule has 2 fully saturated rings. The summed E-state index contributed by atoms with van der Waals surface area (Å²) in [7, 11) is 1.58. The first-order valence-corrected chi connectivity index (χ1v) is 20.8. The molecule has 3 amide bonds. The molecule has 3 aromatic rings. The third-order valence-corrected chi connectivity index (χ3v) is 11.1. The van der Waals surface area contributed by atoms with E-state index in [1.54, 1.807) is 32.3 Å². The summed E-state index contributed by atoms with van der Waals surface area (Å²) in [6, 6.07) is 13.2. The van der Waals surface area contributed by atoms with Gasteiger partial charge in [0.05, 0.1) is 38.1 Å². The van der Waals surface area contributed by atoms with Crippen LogP contribution in [0.4, 0.5) is 4.79 Å². The van der Waals surface area contributed by atoms with Crippen molar-refractivity contribution in [2.45, 2.75) is 95.9 Å². The Hall–Kier alpha value is -5.91. The van der Waals surface area contributed by atoms with Gasteiger partial charge < -0.3 is 34.5 Å². The highest BCUT2D eigenvalue weighted by molar-refractivity contribution is 5.97. The van der Waals surface area contributed by atoms with Crippen molar-refractivity contribution < 1.29 is 38.1 Å². The number of allylic oxidation sites excluding steroid dienone is 2. The Morgan fingerprint density at radius 3 is 2.42 bits per heavy atom. The summed E-state index contributed by atoms with van der Waals surface area (Å²) in [6.07, 6.45) is 10.00. The van der Waals surface area contributed by atoms with Crippen LogP contribution >= 0.6 is 0 Å². The SMILES string of the molecule is C=CCCCCC[C@H](NC(=O)OCC(C)(C)CC=C)C(=O)N1C[C@H](Oc2cc(-c3ccccc3)nc3cc(OC)c(C=C)cc23)C[C@H]1C(=O)N[C@]1(C(=O)OCC)C[C@H]1C=C. The van der Waals surface area contributed by atoms with Gasteiger partial charge >= 0.3 is 12.1 Å². The van der Waals surface area contributed by atoms with E-state index in [0.29, 0.717) is 53.8 Å². The minimum absolute atomic E-state index is 0.0131. The van der Waals surface area contributed by atoms with Gasteiger partial charge in [-0.1, -0.05) is 87.9 Å². The van der Waals surface area contributed by atoms with Crippen LogP contribution < -0.4 is 20.1 Å². The predicted molar refractivity (Wildman–Crippen MR) is 234 cm³/mol. The maximum Gasteiger partial charge on any atom is 0.407 e. The highest BCUT2D eigenvalue weighted by Gasteiger charge is 2.62. The lowest BCUT2D eigenvalue weighted by Gasteiger charge is -2.30. The molecule has 12 nitrogen and oxygen atoms in total. The third kappa shape index (κ3) is 10.8. The Balaban J connectivity index is 1.51. The van der Waals surface area contributed by atoms with Crippen molar-refractivity contribution in [2.24, 2.45) is 11.3 Å². The van der Waals surface area contributed by atoms with Crippen molar-refractivity contribution in [1.82, 2.24) is 20.5 Å². The number of carbonyl (C=O) groups is 4. The normalized spacial score (nSPS) is 20.0. The minimum atomic E-state index is -1.29. The number of amides is 3. The summed E-state index contributed by atoms with van der Waals surface area (Å²) in [6.45, 7) is 21.3. The van der Waals surface area contributed by atoms with Crippen molar-refractivity contribution in [2.75, 3.05) is 26.9 Å². The second-order valence-corrected chi connectivity index (χ2v) is 16.3. The van der Waals surface area contributed by atoms with Gasteiger partial charge in [0.25, 0.3) is 0 Å². The van der Waals surface area contributed by atoms with Crippen molar-refractivity contribution in [1.29, 1.82) is 0 Å². The summed E-state index contributed by atoms with van der Waals surface area (Å²) in [5.74, 6) is -0.806. The number of hydrogen-bond acceptors (Lipinski definition) is 9. The lowest BCUT2D eigenvalue weighted by atomic mass is 9.91. The molecule has 2 N–H and O–H groups in total. The number of nitrogens with one attached hydrogen (secondary N) is 2. The second-order valence-electron chi connectivity index (χ2n) is 16.3. The minimum Gasteiger partial charge on any atom is -0.496 e. The first-order valence-electron chi connectivity index (χ1n) is 20.8. The molecule has 0 bridgehead atoms. The average Bonchev–Trinajstić information content (AvgIpc) is 3.80. The second kappa shape index (κ2) is 20.4. The van der Waals surface area contributed by atoms with Crippen LogP contribution in [-0.2, 0) is 23.9 Å². The fraction of sp³-hybridized carbons (Fsp3) is 0.438. The lowest BCUT2D eigenvalue weighted by Crippen LogP contribution is -2.56. The maximum absolute atomic E-state index is 14.8. The van der Waals surface area contributed by atoms with Crippen LogP contribution in [0.25, 0.3) is 28.2 Å². The van der Waals surface area contributed by atoms with Crippen LogP contribution in [0.15, 0.2) is 93.1 Å². The molecule has 2 aromatic carbocycles. The highest BCUT2D eigenvalue weighted by Crippen LogP contribution is 2.46. The molecule has 2 aliphatic rings. The van der Waals surface area contributed by atoms with Crippen LogP contribution in [-0.4, -0.2) is 84.4 Å². The van der Waals surface area contributed by atoms with Gasteiger partial charge in [-0.2, -0.15) is 0 Å². The van der Waals surface area contributed by atoms with E-state index in [2.05, 4.69) is 36.9 Å². The largest absolute Gasteiger partial charge is 0.496 e. The van der Waals surface area contributed by atoms with Crippen LogP contribution in [0.5, 0.6) is 11.5 Å². The number of pyridine rings is 1. The van der Waals surface area contributed by atoms with E-state index >= 15 is 0 Å². The molecule has 1 aromatic heterocycles. The number of benzene rings is 2. The number of aromatic nitrogens is 1. The molecular formula is C48H60N4O8. The number of nitrogens with zero attached hydrogens (tertiary/aromatic N) is 2. The Kier molecular flexibility index (Phi) is 15.3. The number of rotatable bonds is 22. The van der Waals surface area contributed by atoms with E-state index in [4.69, 9.17) is 23.9 Å². The van der Waals surface area contributed by atoms with Gasteiger partial charge in [0.1, 0.15) is 35.2 Å². The summed E-state index contributed by atoms with van der Waals surface area (Å²) < 4.78 is 23.5. The molecule has 0 spiro atoms. The van der Waals surface area contributed by atoms with Gasteiger partial charge in [0.2, 0.25) is 11.8 Å². The van der Waals surface area contributed by atoms with E-state index in [1.807, 2.05) is 68.5 Å². The van der Waals surface area contributed by atoms with Crippen molar-refractivity contribution >= 4 is 40.9 Å². The summed E-state index contributed by atoms with van der Waals surface area (Å²) in [5.41, 5.74) is 1.22. The Morgan fingerprint density at radius 1 is 1.00 bits per heavy atom. The van der Waals surface area contributed by atoms with Crippen LogP contribution in [0, 0.1) is 11.3 Å². The van der Waals surface area contributed by atoms with E-state index < -0.39 is 47.6 Å². The molecule has 5 atom stereocenters. The summed E-state index contributed by atoms with van der Waals surface area (Å²) in [4.78, 5) is 62.3. The molecule has 0 radical (unpaired) electrons. The zero-order chi connectivity index (χ0) is 43.5. The quantitative estimate of drug-likeness (QED) is 0.0580. The number of hydrogen-bond donors (Lipinski definition) is 2.